The zero-order valence-corrected chi connectivity index (χ0v) is 17.6. The Morgan fingerprint density at radius 3 is 2.76 bits per heavy atom. The number of carbonyl (C=O) groups excluding carboxylic acids is 1. The molecule has 0 aliphatic carbocycles. The summed E-state index contributed by atoms with van der Waals surface area (Å²) in [5, 5.41) is 13.2. The smallest absolute Gasteiger partial charge is 0.225 e. The minimum atomic E-state index is -0.0448. The highest BCUT2D eigenvalue weighted by Gasteiger charge is 2.33. The molecule has 0 saturated carbocycles. The summed E-state index contributed by atoms with van der Waals surface area (Å²) in [6, 6.07) is 1.91. The summed E-state index contributed by atoms with van der Waals surface area (Å²) in [6.45, 7) is 7.24. The number of hydrogen-bond acceptors (Lipinski definition) is 5. The van der Waals surface area contributed by atoms with Crippen molar-refractivity contribution in [2.24, 2.45) is 7.05 Å². The number of aryl methyl sites for hydroxylation is 4. The maximum atomic E-state index is 13.1. The van der Waals surface area contributed by atoms with Gasteiger partial charge in [0.05, 0.1) is 28.7 Å². The number of carbonyl (C=O) groups is 1. The Bertz CT molecular complexity index is 1010. The van der Waals surface area contributed by atoms with Crippen LogP contribution in [0.5, 0.6) is 0 Å². The summed E-state index contributed by atoms with van der Waals surface area (Å²) < 4.78 is 9.24. The number of piperidine rings is 1. The van der Waals surface area contributed by atoms with Crippen LogP contribution in [0.3, 0.4) is 0 Å². The molecule has 3 aromatic rings. The molecule has 0 aromatic carbocycles. The van der Waals surface area contributed by atoms with Gasteiger partial charge in [-0.3, -0.25) is 14.2 Å². The van der Waals surface area contributed by atoms with Crippen molar-refractivity contribution in [2.45, 2.75) is 59.0 Å². The number of hydrogen-bond donors (Lipinski definition) is 0. The molecule has 4 rings (SSSR count). The van der Waals surface area contributed by atoms with E-state index in [0.29, 0.717) is 13.0 Å². The lowest BCUT2D eigenvalue weighted by Crippen LogP contribution is -2.39. The third-order valence-electron chi connectivity index (χ3n) is 5.73. The van der Waals surface area contributed by atoms with Gasteiger partial charge in [0.25, 0.3) is 0 Å². The van der Waals surface area contributed by atoms with Gasteiger partial charge in [0.2, 0.25) is 5.91 Å². The molecule has 0 unspecified atom stereocenters. The highest BCUT2D eigenvalue weighted by atomic mass is 16.5. The SMILES string of the molecule is Cc1ccn(CCC(=O)N2CCCC[C@@H]2c2nn(C)cc2-c2onc(C)c2C)n1. The van der Waals surface area contributed by atoms with E-state index in [0.717, 1.165) is 59.8 Å². The van der Waals surface area contributed by atoms with E-state index >= 15 is 0 Å². The fraction of sp³-hybridized carbons (Fsp3) is 0.524. The molecule has 1 amide bonds. The van der Waals surface area contributed by atoms with Crippen molar-refractivity contribution in [3.8, 4) is 11.3 Å². The maximum Gasteiger partial charge on any atom is 0.225 e. The van der Waals surface area contributed by atoms with Gasteiger partial charge in [-0.2, -0.15) is 10.2 Å². The van der Waals surface area contributed by atoms with E-state index in [9.17, 15) is 4.79 Å². The van der Waals surface area contributed by atoms with Crippen LogP contribution < -0.4 is 0 Å². The minimum Gasteiger partial charge on any atom is -0.356 e. The van der Waals surface area contributed by atoms with Crippen molar-refractivity contribution in [1.82, 2.24) is 29.6 Å². The lowest BCUT2D eigenvalue weighted by Gasteiger charge is -2.35. The molecule has 8 heteroatoms. The first-order valence-corrected chi connectivity index (χ1v) is 10.2. The molecule has 1 aliphatic heterocycles. The molecule has 8 nitrogen and oxygen atoms in total. The average Bonchev–Trinajstić information content (AvgIpc) is 3.39. The fourth-order valence-electron chi connectivity index (χ4n) is 4.05. The molecule has 154 valence electrons. The van der Waals surface area contributed by atoms with E-state index < -0.39 is 0 Å². The van der Waals surface area contributed by atoms with E-state index in [4.69, 9.17) is 9.62 Å². The second-order valence-electron chi connectivity index (χ2n) is 7.89. The summed E-state index contributed by atoms with van der Waals surface area (Å²) in [4.78, 5) is 15.1. The lowest BCUT2D eigenvalue weighted by molar-refractivity contribution is -0.135. The molecule has 1 fully saturated rings. The van der Waals surface area contributed by atoms with Crippen molar-refractivity contribution in [2.75, 3.05) is 6.54 Å². The van der Waals surface area contributed by atoms with Gasteiger partial charge in [-0.05, 0) is 46.1 Å². The third kappa shape index (κ3) is 3.83. The highest BCUT2D eigenvalue weighted by Crippen LogP contribution is 2.37. The van der Waals surface area contributed by atoms with Crippen LogP contribution in [0.4, 0.5) is 0 Å². The van der Waals surface area contributed by atoms with Crippen LogP contribution in [0.25, 0.3) is 11.3 Å². The molecule has 0 N–H and O–H groups in total. The molecule has 4 heterocycles. The van der Waals surface area contributed by atoms with Crippen LogP contribution in [0.1, 0.15) is 54.4 Å². The van der Waals surface area contributed by atoms with Gasteiger partial charge in [0.15, 0.2) is 5.76 Å². The van der Waals surface area contributed by atoms with Gasteiger partial charge in [0, 0.05) is 44.5 Å². The van der Waals surface area contributed by atoms with E-state index in [1.54, 1.807) is 4.68 Å². The monoisotopic (exact) mass is 396 g/mol. The second kappa shape index (κ2) is 7.85. The third-order valence-corrected chi connectivity index (χ3v) is 5.73. The summed E-state index contributed by atoms with van der Waals surface area (Å²) in [5.41, 5.74) is 4.68. The van der Waals surface area contributed by atoms with Crippen molar-refractivity contribution in [3.05, 3.63) is 41.1 Å². The Kier molecular flexibility index (Phi) is 5.25. The molecule has 1 aliphatic rings. The molecule has 0 radical (unpaired) electrons. The van der Waals surface area contributed by atoms with Crippen LogP contribution in [0.2, 0.25) is 0 Å². The number of nitrogens with zero attached hydrogens (tertiary/aromatic N) is 6. The maximum absolute atomic E-state index is 13.1. The molecule has 3 aromatic heterocycles. The Hall–Kier alpha value is -2.90. The minimum absolute atomic E-state index is 0.0448. The van der Waals surface area contributed by atoms with E-state index in [2.05, 4.69) is 10.3 Å². The van der Waals surface area contributed by atoms with Gasteiger partial charge in [-0.1, -0.05) is 5.16 Å². The Labute approximate surface area is 170 Å². The first kappa shape index (κ1) is 19.4. The summed E-state index contributed by atoms with van der Waals surface area (Å²) >= 11 is 0. The van der Waals surface area contributed by atoms with Crippen LogP contribution in [-0.4, -0.2) is 42.1 Å². The topological polar surface area (TPSA) is 82.0 Å². The van der Waals surface area contributed by atoms with Crippen LogP contribution >= 0.6 is 0 Å². The van der Waals surface area contributed by atoms with Gasteiger partial charge in [-0.25, -0.2) is 0 Å². The van der Waals surface area contributed by atoms with E-state index in [1.807, 2.05) is 55.9 Å². The van der Waals surface area contributed by atoms with Gasteiger partial charge >= 0.3 is 0 Å². The lowest BCUT2D eigenvalue weighted by atomic mass is 9.95. The number of amides is 1. The van der Waals surface area contributed by atoms with Crippen molar-refractivity contribution in [1.29, 1.82) is 0 Å². The Morgan fingerprint density at radius 2 is 2.07 bits per heavy atom. The molecule has 0 bridgehead atoms. The standard InChI is InChI=1S/C21H28N6O2/c1-14-8-11-26(22-14)12-9-19(28)27-10-6-5-7-18(27)20-17(13-25(4)23-20)21-15(2)16(3)24-29-21/h8,11,13,18H,5-7,9-10,12H2,1-4H3/t18-/m1/s1. The van der Waals surface area contributed by atoms with Gasteiger partial charge < -0.3 is 9.42 Å². The first-order chi connectivity index (χ1) is 13.9. The van der Waals surface area contributed by atoms with Crippen LogP contribution in [-0.2, 0) is 18.4 Å². The van der Waals surface area contributed by atoms with Crippen molar-refractivity contribution >= 4 is 5.91 Å². The molecule has 29 heavy (non-hydrogen) atoms. The van der Waals surface area contributed by atoms with Gasteiger partial charge in [0.1, 0.15) is 0 Å². The average molecular weight is 396 g/mol. The molecule has 0 spiro atoms. The van der Waals surface area contributed by atoms with Crippen LogP contribution in [0.15, 0.2) is 23.0 Å². The number of aromatic nitrogens is 5. The Morgan fingerprint density at radius 1 is 1.24 bits per heavy atom. The number of likely N-dealkylation sites (tertiary alicyclic amines) is 1. The fourth-order valence-corrected chi connectivity index (χ4v) is 4.05. The number of rotatable bonds is 5. The normalized spacial score (nSPS) is 17.1. The van der Waals surface area contributed by atoms with Gasteiger partial charge in [-0.15, -0.1) is 0 Å². The predicted octanol–water partition coefficient (Wildman–Crippen LogP) is 3.34. The molecule has 1 atom stereocenters. The van der Waals surface area contributed by atoms with Crippen molar-refractivity contribution < 1.29 is 9.32 Å². The molecule has 1 saturated heterocycles. The molecular formula is C21H28N6O2. The summed E-state index contributed by atoms with van der Waals surface area (Å²) in [5.74, 6) is 0.889. The quantitative estimate of drug-likeness (QED) is 0.661. The highest BCUT2D eigenvalue weighted by molar-refractivity contribution is 5.77. The largest absolute Gasteiger partial charge is 0.356 e. The molecular weight excluding hydrogens is 368 g/mol. The summed E-state index contributed by atoms with van der Waals surface area (Å²) in [6.07, 6.45) is 7.32. The Balaban J connectivity index is 1.59. The zero-order valence-electron chi connectivity index (χ0n) is 17.6. The van der Waals surface area contributed by atoms with Crippen molar-refractivity contribution in [3.63, 3.8) is 0 Å². The van der Waals surface area contributed by atoms with Crippen LogP contribution in [0, 0.1) is 20.8 Å². The zero-order chi connectivity index (χ0) is 20.5. The van der Waals surface area contributed by atoms with E-state index in [-0.39, 0.29) is 11.9 Å². The predicted molar refractivity (Wildman–Crippen MR) is 108 cm³/mol. The first-order valence-electron chi connectivity index (χ1n) is 10.2. The second-order valence-corrected chi connectivity index (χ2v) is 7.89. The summed E-state index contributed by atoms with van der Waals surface area (Å²) in [7, 11) is 1.90. The van der Waals surface area contributed by atoms with E-state index in [1.165, 1.54) is 0 Å².